The first-order valence-corrected chi connectivity index (χ1v) is 8.92. The molecule has 0 aliphatic carbocycles. The van der Waals surface area contributed by atoms with Gasteiger partial charge in [0.25, 0.3) is 0 Å². The van der Waals surface area contributed by atoms with Crippen LogP contribution in [0.25, 0.3) is 0 Å². The van der Waals surface area contributed by atoms with E-state index in [1.165, 1.54) is 62.7 Å². The van der Waals surface area contributed by atoms with Crippen molar-refractivity contribution >= 4 is 11.8 Å². The summed E-state index contributed by atoms with van der Waals surface area (Å²) >= 11 is 2.02. The second-order valence-electron chi connectivity index (χ2n) is 5.51. The van der Waals surface area contributed by atoms with E-state index in [1.54, 1.807) is 0 Å². The molecule has 0 saturated heterocycles. The highest BCUT2D eigenvalue weighted by Crippen LogP contribution is 2.26. The maximum absolute atomic E-state index is 2.36. The third-order valence-corrected chi connectivity index (χ3v) is 4.73. The van der Waals surface area contributed by atoms with Crippen LogP contribution in [0, 0.1) is 0 Å². The predicted octanol–water partition coefficient (Wildman–Crippen LogP) is 6.70. The van der Waals surface area contributed by atoms with Crippen molar-refractivity contribution in [3.8, 4) is 0 Å². The molecule has 0 aliphatic rings. The van der Waals surface area contributed by atoms with Crippen LogP contribution in [-0.2, 0) is 0 Å². The topological polar surface area (TPSA) is 0 Å². The molecule has 1 rings (SSSR count). The van der Waals surface area contributed by atoms with Crippen molar-refractivity contribution in [1.82, 2.24) is 0 Å². The summed E-state index contributed by atoms with van der Waals surface area (Å²) in [5.41, 5.74) is 0. The van der Waals surface area contributed by atoms with Gasteiger partial charge in [-0.3, -0.25) is 0 Å². The van der Waals surface area contributed by atoms with E-state index in [0.717, 1.165) is 5.25 Å². The van der Waals surface area contributed by atoms with Crippen LogP contribution in [0.1, 0.15) is 71.6 Å². The molecular weight excluding hydrogens is 248 g/mol. The lowest BCUT2D eigenvalue weighted by Crippen LogP contribution is -1.95. The number of rotatable bonds is 11. The van der Waals surface area contributed by atoms with E-state index in [-0.39, 0.29) is 0 Å². The summed E-state index contributed by atoms with van der Waals surface area (Å²) in [6.07, 6.45) is 12.7. The molecule has 0 amide bonds. The second-order valence-corrected chi connectivity index (χ2v) is 7.02. The first-order valence-electron chi connectivity index (χ1n) is 8.04. The van der Waals surface area contributed by atoms with E-state index >= 15 is 0 Å². The van der Waals surface area contributed by atoms with E-state index in [1.807, 2.05) is 11.8 Å². The van der Waals surface area contributed by atoms with Gasteiger partial charge < -0.3 is 0 Å². The maximum Gasteiger partial charge on any atom is 0.00746 e. The van der Waals surface area contributed by atoms with Gasteiger partial charge >= 0.3 is 0 Å². The molecule has 1 unspecified atom stereocenters. The van der Waals surface area contributed by atoms with Gasteiger partial charge in [0.2, 0.25) is 0 Å². The zero-order chi connectivity index (χ0) is 13.8. The Labute approximate surface area is 124 Å². The average molecular weight is 279 g/mol. The molecule has 0 bridgehead atoms. The number of hydrogen-bond donors (Lipinski definition) is 0. The van der Waals surface area contributed by atoms with Crippen LogP contribution in [0.3, 0.4) is 0 Å². The third-order valence-electron chi connectivity index (χ3n) is 3.54. The normalized spacial score (nSPS) is 12.5. The lowest BCUT2D eigenvalue weighted by atomic mass is 10.1. The van der Waals surface area contributed by atoms with Gasteiger partial charge in [0.15, 0.2) is 0 Å². The molecule has 0 spiro atoms. The molecular formula is C18H30S. The Kier molecular flexibility index (Phi) is 9.98. The second kappa shape index (κ2) is 11.4. The molecule has 1 aromatic carbocycles. The molecule has 0 heterocycles. The van der Waals surface area contributed by atoms with Crippen molar-refractivity contribution in [3.05, 3.63) is 30.3 Å². The van der Waals surface area contributed by atoms with Gasteiger partial charge in [-0.05, 0) is 18.6 Å². The molecule has 0 aromatic heterocycles. The SMILES string of the molecule is CCCCCCCCCCC(C)Sc1ccccc1. The average Bonchev–Trinajstić information content (AvgIpc) is 2.43. The van der Waals surface area contributed by atoms with Crippen molar-refractivity contribution in [2.24, 2.45) is 0 Å². The largest absolute Gasteiger partial charge is 0.123 e. The van der Waals surface area contributed by atoms with Crippen LogP contribution in [0.15, 0.2) is 35.2 Å². The van der Waals surface area contributed by atoms with Crippen LogP contribution in [0.2, 0.25) is 0 Å². The number of hydrogen-bond acceptors (Lipinski definition) is 1. The lowest BCUT2D eigenvalue weighted by Gasteiger charge is -2.10. The van der Waals surface area contributed by atoms with Crippen molar-refractivity contribution in [1.29, 1.82) is 0 Å². The Morgan fingerprint density at radius 3 is 2.05 bits per heavy atom. The molecule has 0 saturated carbocycles. The zero-order valence-electron chi connectivity index (χ0n) is 12.7. The van der Waals surface area contributed by atoms with E-state index < -0.39 is 0 Å². The van der Waals surface area contributed by atoms with Crippen molar-refractivity contribution in [2.75, 3.05) is 0 Å². The summed E-state index contributed by atoms with van der Waals surface area (Å²) in [5.74, 6) is 0. The summed E-state index contributed by atoms with van der Waals surface area (Å²) in [7, 11) is 0. The fourth-order valence-electron chi connectivity index (χ4n) is 2.36. The predicted molar refractivity (Wildman–Crippen MR) is 89.0 cm³/mol. The third kappa shape index (κ3) is 9.15. The van der Waals surface area contributed by atoms with E-state index in [4.69, 9.17) is 0 Å². The Bertz CT molecular complexity index is 294. The van der Waals surface area contributed by atoms with Crippen molar-refractivity contribution in [3.63, 3.8) is 0 Å². The smallest absolute Gasteiger partial charge is 0.00746 e. The molecule has 1 aromatic rings. The molecule has 0 fully saturated rings. The first kappa shape index (κ1) is 16.6. The molecule has 1 heteroatoms. The quantitative estimate of drug-likeness (QED) is 0.320. The number of unbranched alkanes of at least 4 members (excludes halogenated alkanes) is 7. The summed E-state index contributed by atoms with van der Waals surface area (Å²) in [4.78, 5) is 1.41. The minimum atomic E-state index is 0.752. The van der Waals surface area contributed by atoms with Crippen LogP contribution >= 0.6 is 11.8 Å². The lowest BCUT2D eigenvalue weighted by molar-refractivity contribution is 0.564. The van der Waals surface area contributed by atoms with Gasteiger partial charge in [-0.2, -0.15) is 0 Å². The van der Waals surface area contributed by atoms with Gasteiger partial charge in [0.05, 0.1) is 0 Å². The molecule has 108 valence electrons. The van der Waals surface area contributed by atoms with Gasteiger partial charge in [-0.15, -0.1) is 11.8 Å². The van der Waals surface area contributed by atoms with E-state index in [2.05, 4.69) is 44.2 Å². The van der Waals surface area contributed by atoms with Crippen LogP contribution in [-0.4, -0.2) is 5.25 Å². The Hall–Kier alpha value is -0.430. The summed E-state index contributed by atoms with van der Waals surface area (Å²) in [6.45, 7) is 4.64. The standard InChI is InChI=1S/C18H30S/c1-3-4-5-6-7-8-9-11-14-17(2)19-18-15-12-10-13-16-18/h10,12-13,15-17H,3-9,11,14H2,1-2H3. The summed E-state index contributed by atoms with van der Waals surface area (Å²) in [5, 5.41) is 0.752. The molecule has 0 aliphatic heterocycles. The highest BCUT2D eigenvalue weighted by molar-refractivity contribution is 7.99. The van der Waals surface area contributed by atoms with Gasteiger partial charge in [0, 0.05) is 10.1 Å². The monoisotopic (exact) mass is 278 g/mol. The van der Waals surface area contributed by atoms with Gasteiger partial charge in [0.1, 0.15) is 0 Å². The van der Waals surface area contributed by atoms with Crippen LogP contribution in [0.4, 0.5) is 0 Å². The molecule has 0 radical (unpaired) electrons. The highest BCUT2D eigenvalue weighted by atomic mass is 32.2. The molecule has 19 heavy (non-hydrogen) atoms. The van der Waals surface area contributed by atoms with Crippen molar-refractivity contribution < 1.29 is 0 Å². The van der Waals surface area contributed by atoms with Gasteiger partial charge in [-0.1, -0.05) is 83.4 Å². The molecule has 1 atom stereocenters. The minimum absolute atomic E-state index is 0.752. The summed E-state index contributed by atoms with van der Waals surface area (Å²) < 4.78 is 0. The fourth-order valence-corrected chi connectivity index (χ4v) is 3.42. The van der Waals surface area contributed by atoms with E-state index in [0.29, 0.717) is 0 Å². The first-order chi connectivity index (χ1) is 9.33. The summed E-state index contributed by atoms with van der Waals surface area (Å²) in [6, 6.07) is 10.8. The Balaban J connectivity index is 1.94. The van der Waals surface area contributed by atoms with Gasteiger partial charge in [-0.25, -0.2) is 0 Å². The maximum atomic E-state index is 2.36. The highest BCUT2D eigenvalue weighted by Gasteiger charge is 2.03. The molecule has 0 nitrogen and oxygen atoms in total. The Morgan fingerprint density at radius 2 is 1.42 bits per heavy atom. The number of thioether (sulfide) groups is 1. The van der Waals surface area contributed by atoms with Crippen LogP contribution < -0.4 is 0 Å². The van der Waals surface area contributed by atoms with E-state index in [9.17, 15) is 0 Å². The van der Waals surface area contributed by atoms with Crippen LogP contribution in [0.5, 0.6) is 0 Å². The fraction of sp³-hybridized carbons (Fsp3) is 0.667. The minimum Gasteiger partial charge on any atom is -0.123 e. The zero-order valence-corrected chi connectivity index (χ0v) is 13.6. The van der Waals surface area contributed by atoms with Crippen molar-refractivity contribution in [2.45, 2.75) is 81.8 Å². The Morgan fingerprint density at radius 1 is 0.842 bits per heavy atom. The number of benzene rings is 1. The molecule has 0 N–H and O–H groups in total.